The summed E-state index contributed by atoms with van der Waals surface area (Å²) in [6.45, 7) is 0. The number of hydrogen-bond acceptors (Lipinski definition) is 3. The molecule has 21 heavy (non-hydrogen) atoms. The number of aromatic carboxylic acids is 1. The van der Waals surface area contributed by atoms with Crippen molar-refractivity contribution in [3.05, 3.63) is 61.6 Å². The van der Waals surface area contributed by atoms with Crippen LogP contribution in [0.4, 0.5) is 0 Å². The summed E-state index contributed by atoms with van der Waals surface area (Å²) in [5, 5.41) is 8.98. The number of sulfone groups is 1. The number of carbonyl (C=O) groups is 1. The molecule has 0 aliphatic rings. The minimum atomic E-state index is -3.63. The van der Waals surface area contributed by atoms with E-state index in [1.54, 1.807) is 12.1 Å². The highest BCUT2D eigenvalue weighted by atomic mass is 127. The number of benzene rings is 2. The quantitative estimate of drug-likeness (QED) is 0.677. The van der Waals surface area contributed by atoms with Gasteiger partial charge in [0.05, 0.1) is 16.2 Å². The van der Waals surface area contributed by atoms with E-state index >= 15 is 0 Å². The number of rotatable bonds is 4. The maximum absolute atomic E-state index is 12.5. The highest BCUT2D eigenvalue weighted by molar-refractivity contribution is 14.1. The number of halogens is 2. The largest absolute Gasteiger partial charge is 0.478 e. The van der Waals surface area contributed by atoms with Gasteiger partial charge in [-0.3, -0.25) is 0 Å². The van der Waals surface area contributed by atoms with E-state index in [-0.39, 0.29) is 16.2 Å². The Balaban J connectivity index is 2.41. The van der Waals surface area contributed by atoms with E-state index in [1.165, 1.54) is 18.2 Å². The summed E-state index contributed by atoms with van der Waals surface area (Å²) in [5.41, 5.74) is 0.599. The molecule has 0 radical (unpaired) electrons. The molecule has 2 rings (SSSR count). The van der Waals surface area contributed by atoms with E-state index < -0.39 is 15.8 Å². The molecule has 1 N–H and O–H groups in total. The first-order valence-corrected chi connectivity index (χ1v) is 9.32. The molecule has 0 aromatic heterocycles. The number of carboxylic acid groups (broad SMARTS) is 1. The topological polar surface area (TPSA) is 71.4 Å². The zero-order valence-electron chi connectivity index (χ0n) is 10.6. The second-order valence-electron chi connectivity index (χ2n) is 4.34. The van der Waals surface area contributed by atoms with Gasteiger partial charge in [-0.2, -0.15) is 0 Å². The first kappa shape index (κ1) is 16.4. The Bertz CT molecular complexity index is 785. The SMILES string of the molecule is O=C(O)c1ccc(Br)c(S(=O)(=O)Cc2ccc(I)cc2)c1. The van der Waals surface area contributed by atoms with Gasteiger partial charge in [-0.1, -0.05) is 12.1 Å². The van der Waals surface area contributed by atoms with Crippen LogP contribution < -0.4 is 0 Å². The molecule has 4 nitrogen and oxygen atoms in total. The molecule has 0 heterocycles. The van der Waals surface area contributed by atoms with Gasteiger partial charge in [-0.25, -0.2) is 13.2 Å². The summed E-state index contributed by atoms with van der Waals surface area (Å²) in [5.74, 6) is -1.33. The summed E-state index contributed by atoms with van der Waals surface area (Å²) in [4.78, 5) is 11.0. The lowest BCUT2D eigenvalue weighted by atomic mass is 10.2. The molecule has 0 fully saturated rings. The van der Waals surface area contributed by atoms with Crippen LogP contribution in [0, 0.1) is 3.57 Å². The number of carboxylic acids is 1. The molecule has 2 aromatic rings. The van der Waals surface area contributed by atoms with Crippen LogP contribution >= 0.6 is 38.5 Å². The zero-order chi connectivity index (χ0) is 15.6. The van der Waals surface area contributed by atoms with Gasteiger partial charge in [-0.15, -0.1) is 0 Å². The molecular weight excluding hydrogens is 471 g/mol. The Morgan fingerprint density at radius 3 is 2.33 bits per heavy atom. The molecule has 0 saturated heterocycles. The Kier molecular flexibility index (Phi) is 5.05. The lowest BCUT2D eigenvalue weighted by Gasteiger charge is -2.08. The normalized spacial score (nSPS) is 11.3. The van der Waals surface area contributed by atoms with E-state index in [4.69, 9.17) is 5.11 Å². The predicted octanol–water partition coefficient (Wildman–Crippen LogP) is 3.73. The number of hydrogen-bond donors (Lipinski definition) is 1. The van der Waals surface area contributed by atoms with Crippen LogP contribution in [-0.4, -0.2) is 19.5 Å². The smallest absolute Gasteiger partial charge is 0.335 e. The van der Waals surface area contributed by atoms with Crippen LogP contribution in [0.5, 0.6) is 0 Å². The second-order valence-corrected chi connectivity index (χ2v) is 8.39. The molecule has 2 aromatic carbocycles. The van der Waals surface area contributed by atoms with Gasteiger partial charge in [0.2, 0.25) is 0 Å². The average molecular weight is 481 g/mol. The van der Waals surface area contributed by atoms with Gasteiger partial charge in [0.1, 0.15) is 0 Å². The molecule has 0 aliphatic carbocycles. The summed E-state index contributed by atoms with van der Waals surface area (Å²) in [7, 11) is -3.63. The van der Waals surface area contributed by atoms with E-state index in [9.17, 15) is 13.2 Å². The third-order valence-corrected chi connectivity index (χ3v) is 6.18. The van der Waals surface area contributed by atoms with Crippen molar-refractivity contribution in [3.63, 3.8) is 0 Å². The Morgan fingerprint density at radius 1 is 1.14 bits per heavy atom. The molecule has 0 amide bonds. The molecule has 7 heteroatoms. The van der Waals surface area contributed by atoms with Crippen molar-refractivity contribution >= 4 is 54.3 Å². The molecule has 110 valence electrons. The van der Waals surface area contributed by atoms with Crippen LogP contribution in [0.15, 0.2) is 51.8 Å². The standard InChI is InChI=1S/C14H10BrIO4S/c15-12-6-3-10(14(17)18)7-13(12)21(19,20)8-9-1-4-11(16)5-2-9/h1-7H,8H2,(H,17,18). The van der Waals surface area contributed by atoms with Gasteiger partial charge in [0.15, 0.2) is 9.84 Å². The van der Waals surface area contributed by atoms with Gasteiger partial charge in [-0.05, 0) is 74.4 Å². The fourth-order valence-corrected chi connectivity index (χ4v) is 4.56. The van der Waals surface area contributed by atoms with Gasteiger partial charge < -0.3 is 5.11 Å². The fraction of sp³-hybridized carbons (Fsp3) is 0.0714. The third-order valence-electron chi connectivity index (χ3n) is 2.78. The van der Waals surface area contributed by atoms with Crippen molar-refractivity contribution in [1.29, 1.82) is 0 Å². The lowest BCUT2D eigenvalue weighted by molar-refractivity contribution is 0.0696. The van der Waals surface area contributed by atoms with Gasteiger partial charge in [0, 0.05) is 8.04 Å². The van der Waals surface area contributed by atoms with Crippen molar-refractivity contribution in [2.24, 2.45) is 0 Å². The van der Waals surface area contributed by atoms with E-state index in [2.05, 4.69) is 38.5 Å². The van der Waals surface area contributed by atoms with Gasteiger partial charge in [0.25, 0.3) is 0 Å². The fourth-order valence-electron chi connectivity index (χ4n) is 1.75. The zero-order valence-corrected chi connectivity index (χ0v) is 15.1. The second kappa shape index (κ2) is 6.45. The van der Waals surface area contributed by atoms with E-state index in [0.717, 1.165) is 3.57 Å². The molecule has 0 unspecified atom stereocenters. The van der Waals surface area contributed by atoms with Crippen molar-refractivity contribution in [3.8, 4) is 0 Å². The molecule has 0 aliphatic heterocycles. The first-order valence-electron chi connectivity index (χ1n) is 5.79. The highest BCUT2D eigenvalue weighted by Crippen LogP contribution is 2.26. The summed E-state index contributed by atoms with van der Waals surface area (Å²) >= 11 is 5.31. The van der Waals surface area contributed by atoms with Crippen molar-refractivity contribution in [2.45, 2.75) is 10.6 Å². The van der Waals surface area contributed by atoms with E-state index in [0.29, 0.717) is 10.0 Å². The highest BCUT2D eigenvalue weighted by Gasteiger charge is 2.20. The molecular formula is C14H10BrIO4S. The van der Waals surface area contributed by atoms with E-state index in [1.807, 2.05) is 12.1 Å². The van der Waals surface area contributed by atoms with Gasteiger partial charge >= 0.3 is 5.97 Å². The maximum atomic E-state index is 12.5. The maximum Gasteiger partial charge on any atom is 0.335 e. The molecule has 0 atom stereocenters. The third kappa shape index (κ3) is 4.04. The Morgan fingerprint density at radius 2 is 1.76 bits per heavy atom. The summed E-state index contributed by atoms with van der Waals surface area (Å²) < 4.78 is 26.3. The summed E-state index contributed by atoms with van der Waals surface area (Å²) in [6, 6.07) is 11.1. The van der Waals surface area contributed by atoms with Crippen LogP contribution in [0.25, 0.3) is 0 Å². The van der Waals surface area contributed by atoms with Crippen molar-refractivity contribution in [1.82, 2.24) is 0 Å². The Hall–Kier alpha value is -0.930. The molecule has 0 bridgehead atoms. The Labute approximate surface area is 144 Å². The first-order chi connectivity index (χ1) is 9.79. The lowest BCUT2D eigenvalue weighted by Crippen LogP contribution is -2.08. The predicted molar refractivity (Wildman–Crippen MR) is 91.2 cm³/mol. The molecule has 0 spiro atoms. The van der Waals surface area contributed by atoms with Crippen molar-refractivity contribution < 1.29 is 18.3 Å². The summed E-state index contributed by atoms with van der Waals surface area (Å²) in [6.07, 6.45) is 0. The van der Waals surface area contributed by atoms with Crippen LogP contribution in [0.2, 0.25) is 0 Å². The minimum absolute atomic E-state index is 0.0130. The molecule has 0 saturated carbocycles. The van der Waals surface area contributed by atoms with Crippen LogP contribution in [0.3, 0.4) is 0 Å². The van der Waals surface area contributed by atoms with Crippen LogP contribution in [0.1, 0.15) is 15.9 Å². The van der Waals surface area contributed by atoms with Crippen molar-refractivity contribution in [2.75, 3.05) is 0 Å². The minimum Gasteiger partial charge on any atom is -0.478 e. The van der Waals surface area contributed by atoms with Crippen LogP contribution in [-0.2, 0) is 15.6 Å². The average Bonchev–Trinajstić information content (AvgIpc) is 2.41. The monoisotopic (exact) mass is 480 g/mol.